The van der Waals surface area contributed by atoms with E-state index >= 15 is 0 Å². The molecule has 1 aliphatic rings. The van der Waals surface area contributed by atoms with Crippen LogP contribution in [0.5, 0.6) is 0 Å². The summed E-state index contributed by atoms with van der Waals surface area (Å²) in [6, 6.07) is 3.01. The molecule has 5 nitrogen and oxygen atoms in total. The van der Waals surface area contributed by atoms with Gasteiger partial charge in [0.25, 0.3) is 10.0 Å². The Hall–Kier alpha value is -0.850. The van der Waals surface area contributed by atoms with E-state index in [1.54, 1.807) is 6.07 Å². The first-order valence-corrected chi connectivity index (χ1v) is 7.76. The third-order valence-corrected chi connectivity index (χ3v) is 5.35. The molecule has 6 heteroatoms. The Balaban J connectivity index is 2.25. The summed E-state index contributed by atoms with van der Waals surface area (Å²) < 4.78 is 32.2. The van der Waals surface area contributed by atoms with Gasteiger partial charge in [-0.05, 0) is 30.9 Å². The predicted molar refractivity (Wildman–Crippen MR) is 68.4 cm³/mol. The zero-order valence-electron chi connectivity index (χ0n) is 10.6. The minimum absolute atomic E-state index is 0.0481. The summed E-state index contributed by atoms with van der Waals surface area (Å²) in [5.74, 6) is 0.237. The van der Waals surface area contributed by atoms with Gasteiger partial charge in [-0.3, -0.25) is 0 Å². The lowest BCUT2D eigenvalue weighted by Crippen LogP contribution is -2.58. The first-order chi connectivity index (χ1) is 8.50. The van der Waals surface area contributed by atoms with Gasteiger partial charge in [-0.25, -0.2) is 13.1 Å². The predicted octanol–water partition coefficient (Wildman–Crippen LogP) is 1.47. The molecule has 2 atom stereocenters. The molecule has 0 amide bonds. The Bertz CT molecular complexity index is 483. The third kappa shape index (κ3) is 2.46. The van der Waals surface area contributed by atoms with Crippen molar-refractivity contribution in [2.45, 2.75) is 43.2 Å². The van der Waals surface area contributed by atoms with E-state index in [-0.39, 0.29) is 11.0 Å². The van der Waals surface area contributed by atoms with E-state index in [2.05, 4.69) is 11.6 Å². The van der Waals surface area contributed by atoms with Crippen LogP contribution < -0.4 is 10.5 Å². The number of hydrogen-bond donors (Lipinski definition) is 2. The Morgan fingerprint density at radius 3 is 2.89 bits per heavy atom. The van der Waals surface area contributed by atoms with Crippen molar-refractivity contribution < 1.29 is 12.8 Å². The first-order valence-electron chi connectivity index (χ1n) is 6.28. The van der Waals surface area contributed by atoms with Crippen LogP contribution in [0.2, 0.25) is 0 Å². The molecule has 1 saturated carbocycles. The second-order valence-electron chi connectivity index (χ2n) is 5.04. The van der Waals surface area contributed by atoms with Crippen molar-refractivity contribution in [3.05, 3.63) is 18.4 Å². The van der Waals surface area contributed by atoms with Gasteiger partial charge in [0.05, 0.1) is 6.26 Å². The summed E-state index contributed by atoms with van der Waals surface area (Å²) in [5, 5.41) is -0.0481. The number of nitrogens with one attached hydrogen (secondary N) is 1. The normalized spacial score (nSPS) is 29.3. The van der Waals surface area contributed by atoms with Gasteiger partial charge in [0.15, 0.2) is 0 Å². The molecule has 1 aliphatic carbocycles. The molecule has 1 aromatic rings. The molecule has 2 unspecified atom stereocenters. The van der Waals surface area contributed by atoms with Crippen molar-refractivity contribution in [2.24, 2.45) is 11.7 Å². The van der Waals surface area contributed by atoms with Gasteiger partial charge in [-0.1, -0.05) is 19.8 Å². The molecule has 1 heterocycles. The van der Waals surface area contributed by atoms with E-state index in [0.29, 0.717) is 6.54 Å². The van der Waals surface area contributed by atoms with Crippen LogP contribution in [0.1, 0.15) is 32.6 Å². The molecule has 0 aliphatic heterocycles. The Morgan fingerprint density at radius 1 is 1.56 bits per heavy atom. The van der Waals surface area contributed by atoms with Gasteiger partial charge in [-0.2, -0.15) is 0 Å². The molecule has 0 bridgehead atoms. The summed E-state index contributed by atoms with van der Waals surface area (Å²) in [4.78, 5) is 0. The molecule has 0 saturated heterocycles. The Labute approximate surface area is 108 Å². The van der Waals surface area contributed by atoms with Gasteiger partial charge in [-0.15, -0.1) is 0 Å². The van der Waals surface area contributed by atoms with Gasteiger partial charge >= 0.3 is 0 Å². The summed E-state index contributed by atoms with van der Waals surface area (Å²) >= 11 is 0. The molecule has 102 valence electrons. The molecule has 1 fully saturated rings. The number of nitrogens with two attached hydrogens (primary N) is 1. The SMILES string of the molecule is CC1CCCCC1(CN)NS(=O)(=O)c1ccco1. The van der Waals surface area contributed by atoms with Crippen LogP contribution in [0.3, 0.4) is 0 Å². The molecule has 3 N–H and O–H groups in total. The zero-order valence-corrected chi connectivity index (χ0v) is 11.4. The average molecular weight is 272 g/mol. The smallest absolute Gasteiger partial charge is 0.274 e. The summed E-state index contributed by atoms with van der Waals surface area (Å²) in [7, 11) is -3.62. The fourth-order valence-corrected chi connectivity index (χ4v) is 4.11. The monoisotopic (exact) mass is 272 g/mol. The highest BCUT2D eigenvalue weighted by atomic mass is 32.2. The number of furan rings is 1. The lowest BCUT2D eigenvalue weighted by atomic mass is 9.74. The van der Waals surface area contributed by atoms with Crippen molar-refractivity contribution in [2.75, 3.05) is 6.54 Å². The second-order valence-corrected chi connectivity index (χ2v) is 6.66. The van der Waals surface area contributed by atoms with Gasteiger partial charge in [0.1, 0.15) is 0 Å². The maximum Gasteiger partial charge on any atom is 0.274 e. The minimum Gasteiger partial charge on any atom is -0.452 e. The largest absolute Gasteiger partial charge is 0.452 e. The lowest BCUT2D eigenvalue weighted by Gasteiger charge is -2.41. The quantitative estimate of drug-likeness (QED) is 0.869. The summed E-state index contributed by atoms with van der Waals surface area (Å²) in [6.07, 6.45) is 5.27. The van der Waals surface area contributed by atoms with Crippen molar-refractivity contribution >= 4 is 10.0 Å². The van der Waals surface area contributed by atoms with Crippen LogP contribution in [0.4, 0.5) is 0 Å². The fraction of sp³-hybridized carbons (Fsp3) is 0.667. The molecule has 18 heavy (non-hydrogen) atoms. The van der Waals surface area contributed by atoms with E-state index < -0.39 is 15.6 Å². The lowest BCUT2D eigenvalue weighted by molar-refractivity contribution is 0.190. The van der Waals surface area contributed by atoms with Crippen LogP contribution >= 0.6 is 0 Å². The molecule has 2 rings (SSSR count). The highest BCUT2D eigenvalue weighted by molar-refractivity contribution is 7.89. The zero-order chi connectivity index (χ0) is 13.2. The van der Waals surface area contributed by atoms with E-state index in [1.165, 1.54) is 12.3 Å². The summed E-state index contributed by atoms with van der Waals surface area (Å²) in [6.45, 7) is 2.37. The average Bonchev–Trinajstić information content (AvgIpc) is 2.86. The van der Waals surface area contributed by atoms with E-state index in [9.17, 15) is 8.42 Å². The van der Waals surface area contributed by atoms with Crippen molar-refractivity contribution in [1.82, 2.24) is 4.72 Å². The Kier molecular flexibility index (Phi) is 3.79. The topological polar surface area (TPSA) is 85.3 Å². The third-order valence-electron chi connectivity index (χ3n) is 3.92. The molecule has 0 spiro atoms. The van der Waals surface area contributed by atoms with Gasteiger partial charge in [0.2, 0.25) is 5.09 Å². The second kappa shape index (κ2) is 5.03. The number of rotatable bonds is 4. The van der Waals surface area contributed by atoms with Crippen molar-refractivity contribution in [1.29, 1.82) is 0 Å². The van der Waals surface area contributed by atoms with E-state index in [1.807, 2.05) is 0 Å². The fourth-order valence-electron chi connectivity index (χ4n) is 2.64. The highest BCUT2D eigenvalue weighted by Gasteiger charge is 2.41. The molecule has 0 radical (unpaired) electrons. The van der Waals surface area contributed by atoms with Crippen molar-refractivity contribution in [3.8, 4) is 0 Å². The van der Waals surface area contributed by atoms with Gasteiger partial charge < -0.3 is 10.2 Å². The minimum atomic E-state index is -3.62. The van der Waals surface area contributed by atoms with Crippen LogP contribution in [0.25, 0.3) is 0 Å². The van der Waals surface area contributed by atoms with Gasteiger partial charge in [0, 0.05) is 12.1 Å². The number of sulfonamides is 1. The molecule has 1 aromatic heterocycles. The van der Waals surface area contributed by atoms with Crippen LogP contribution in [0.15, 0.2) is 27.9 Å². The van der Waals surface area contributed by atoms with E-state index in [4.69, 9.17) is 10.2 Å². The van der Waals surface area contributed by atoms with Crippen LogP contribution in [0, 0.1) is 5.92 Å². The highest BCUT2D eigenvalue weighted by Crippen LogP contribution is 2.34. The van der Waals surface area contributed by atoms with Crippen LogP contribution in [-0.2, 0) is 10.0 Å². The number of hydrogen-bond acceptors (Lipinski definition) is 4. The van der Waals surface area contributed by atoms with Crippen LogP contribution in [-0.4, -0.2) is 20.5 Å². The molecule has 0 aromatic carbocycles. The van der Waals surface area contributed by atoms with E-state index in [0.717, 1.165) is 25.7 Å². The molecular weight excluding hydrogens is 252 g/mol. The maximum atomic E-state index is 12.2. The van der Waals surface area contributed by atoms with Crippen molar-refractivity contribution in [3.63, 3.8) is 0 Å². The standard InChI is InChI=1S/C12H20N2O3S/c1-10-5-2-3-7-12(10,9-13)14-18(15,16)11-6-4-8-17-11/h4,6,8,10,14H,2-3,5,7,9,13H2,1H3. The Morgan fingerprint density at radius 2 is 2.33 bits per heavy atom. The molecular formula is C12H20N2O3S. The first kappa shape index (κ1) is 13.6. The maximum absolute atomic E-state index is 12.2. The summed E-state index contributed by atoms with van der Waals surface area (Å²) in [5.41, 5.74) is 5.29.